The second-order valence-corrected chi connectivity index (χ2v) is 6.83. The lowest BCUT2D eigenvalue weighted by Crippen LogP contribution is -2.22. The van der Waals surface area contributed by atoms with Crippen molar-refractivity contribution in [1.29, 1.82) is 0 Å². The normalized spacial score (nSPS) is 14.9. The van der Waals surface area contributed by atoms with Gasteiger partial charge in [-0.1, -0.05) is 91.8 Å². The average Bonchev–Trinajstić information content (AvgIpc) is 2.63. The fourth-order valence-corrected chi connectivity index (χ4v) is 4.76. The lowest BCUT2D eigenvalue weighted by atomic mass is 10.2. The third kappa shape index (κ3) is 3.66. The van der Waals surface area contributed by atoms with Gasteiger partial charge in [-0.3, -0.25) is 0 Å². The van der Waals surface area contributed by atoms with E-state index in [4.69, 9.17) is 6.85 Å². The molecule has 2 heteroatoms. The van der Waals surface area contributed by atoms with E-state index in [9.17, 15) is 0 Å². The molecule has 0 amide bonds. The van der Waals surface area contributed by atoms with E-state index in [0.29, 0.717) is 0 Å². The van der Waals surface area contributed by atoms with Crippen LogP contribution >= 0.6 is 24.9 Å². The van der Waals surface area contributed by atoms with Crippen LogP contribution < -0.4 is 15.9 Å². The van der Waals surface area contributed by atoms with Gasteiger partial charge in [0, 0.05) is 6.85 Å². The van der Waals surface area contributed by atoms with E-state index in [0.717, 1.165) is 15.9 Å². The SMILES string of the molecule is Br.[2H]C([2H])([2H])C([2H])([2H])c1ccccc1P(c1ccccc1)c1ccccc1. The molecule has 0 radical (unpaired) electrons. The van der Waals surface area contributed by atoms with E-state index >= 15 is 0 Å². The molecule has 0 aliphatic carbocycles. The Morgan fingerprint density at radius 2 is 1.27 bits per heavy atom. The number of halogens is 1. The lowest BCUT2D eigenvalue weighted by molar-refractivity contribution is 1.15. The molecule has 0 atom stereocenters. The van der Waals surface area contributed by atoms with Gasteiger partial charge in [0.1, 0.15) is 0 Å². The number of benzene rings is 3. The first kappa shape index (κ1) is 11.2. The Bertz CT molecular complexity index is 827. The first-order valence-corrected chi connectivity index (χ1v) is 8.16. The van der Waals surface area contributed by atoms with Crippen molar-refractivity contribution in [2.24, 2.45) is 0 Å². The summed E-state index contributed by atoms with van der Waals surface area (Å²) in [7, 11) is -1.07. The monoisotopic (exact) mass is 375 g/mol. The maximum atomic E-state index is 8.29. The molecule has 0 aliphatic heterocycles. The Balaban J connectivity index is 0.00000261. The zero-order valence-electron chi connectivity index (χ0n) is 16.9. The topological polar surface area (TPSA) is 0 Å². The molecule has 3 aromatic carbocycles. The van der Waals surface area contributed by atoms with Crippen molar-refractivity contribution in [3.8, 4) is 0 Å². The highest BCUT2D eigenvalue weighted by molar-refractivity contribution is 8.93. The van der Waals surface area contributed by atoms with Gasteiger partial charge in [0.2, 0.25) is 0 Å². The van der Waals surface area contributed by atoms with Crippen LogP contribution in [0.3, 0.4) is 0 Å². The number of rotatable bonds is 4. The van der Waals surface area contributed by atoms with Crippen LogP contribution in [0.15, 0.2) is 84.9 Å². The number of aryl methyl sites for hydroxylation is 1. The number of hydrogen-bond acceptors (Lipinski definition) is 0. The predicted octanol–water partition coefficient (Wildman–Crippen LogP) is 4.59. The van der Waals surface area contributed by atoms with Crippen molar-refractivity contribution in [2.75, 3.05) is 0 Å². The summed E-state index contributed by atoms with van der Waals surface area (Å²) in [6.07, 6.45) is -2.42. The summed E-state index contributed by atoms with van der Waals surface area (Å²) in [5.74, 6) is 0. The highest BCUT2D eigenvalue weighted by Gasteiger charge is 2.18. The molecule has 0 spiro atoms. The molecule has 0 heterocycles. The molecule has 22 heavy (non-hydrogen) atoms. The summed E-state index contributed by atoms with van der Waals surface area (Å²) in [5, 5.41) is 2.85. The van der Waals surface area contributed by atoms with E-state index in [1.165, 1.54) is 0 Å². The van der Waals surface area contributed by atoms with Crippen molar-refractivity contribution >= 4 is 40.8 Å². The van der Waals surface area contributed by atoms with Crippen LogP contribution in [0.4, 0.5) is 0 Å². The predicted molar refractivity (Wildman–Crippen MR) is 105 cm³/mol. The van der Waals surface area contributed by atoms with Gasteiger partial charge < -0.3 is 0 Å². The van der Waals surface area contributed by atoms with Crippen molar-refractivity contribution in [3.05, 3.63) is 90.5 Å². The van der Waals surface area contributed by atoms with Crippen LogP contribution in [0.25, 0.3) is 0 Å². The first-order chi connectivity index (χ1) is 12.3. The summed E-state index contributed by atoms with van der Waals surface area (Å²) in [6, 6.07) is 26.7. The molecule has 0 saturated carbocycles. The fourth-order valence-electron chi connectivity index (χ4n) is 2.36. The minimum absolute atomic E-state index is 0. The van der Waals surface area contributed by atoms with E-state index in [2.05, 4.69) is 0 Å². The van der Waals surface area contributed by atoms with Gasteiger partial charge >= 0.3 is 0 Å². The van der Waals surface area contributed by atoms with Crippen molar-refractivity contribution in [2.45, 2.75) is 13.2 Å². The van der Waals surface area contributed by atoms with Crippen LogP contribution in [0.2, 0.25) is 0 Å². The summed E-state index contributed by atoms with van der Waals surface area (Å²) in [5.41, 5.74) is 0.235. The van der Waals surface area contributed by atoms with Crippen LogP contribution in [-0.4, -0.2) is 0 Å². The van der Waals surface area contributed by atoms with Crippen LogP contribution in [0, 0.1) is 0 Å². The third-order valence-corrected chi connectivity index (χ3v) is 5.81. The molecule has 0 nitrogen and oxygen atoms in total. The fraction of sp³-hybridized carbons (Fsp3) is 0.100. The standard InChI is InChI=1S/C20H19P.BrH/c1-2-17-11-9-10-16-20(17)21(18-12-5-3-6-13-18)19-14-7-4-8-15-19;/h3-16H,2H2,1H3;1H/i1D3,2D2;. The Labute approximate surface area is 151 Å². The quantitative estimate of drug-likeness (QED) is 0.585. The molecule has 0 fully saturated rings. The van der Waals surface area contributed by atoms with Gasteiger partial charge in [0.15, 0.2) is 0 Å². The molecule has 0 unspecified atom stereocenters. The van der Waals surface area contributed by atoms with Crippen molar-refractivity contribution in [3.63, 3.8) is 0 Å². The zero-order valence-corrected chi connectivity index (χ0v) is 14.5. The van der Waals surface area contributed by atoms with E-state index in [-0.39, 0.29) is 22.5 Å². The molecular formula is C20H20BrP. The molecule has 112 valence electrons. The highest BCUT2D eigenvalue weighted by Crippen LogP contribution is 2.33. The van der Waals surface area contributed by atoms with Gasteiger partial charge in [0.05, 0.1) is 0 Å². The Morgan fingerprint density at radius 3 is 1.82 bits per heavy atom. The van der Waals surface area contributed by atoms with Gasteiger partial charge in [0.25, 0.3) is 0 Å². The number of hydrogen-bond donors (Lipinski definition) is 0. The second kappa shape index (κ2) is 8.27. The summed E-state index contributed by atoms with van der Waals surface area (Å²) in [6.45, 7) is -2.74. The van der Waals surface area contributed by atoms with Gasteiger partial charge in [-0.05, 0) is 35.8 Å². The molecule has 3 aromatic rings. The third-order valence-electron chi connectivity index (χ3n) is 3.31. The zero-order chi connectivity index (χ0) is 18.8. The molecule has 0 bridgehead atoms. The average molecular weight is 376 g/mol. The van der Waals surface area contributed by atoms with Gasteiger partial charge in [-0.25, -0.2) is 0 Å². The second-order valence-electron chi connectivity index (χ2n) is 4.65. The lowest BCUT2D eigenvalue weighted by Gasteiger charge is -2.21. The highest BCUT2D eigenvalue weighted by atomic mass is 79.9. The smallest absolute Gasteiger partial charge is 0.0313 e. The summed E-state index contributed by atoms with van der Waals surface area (Å²) in [4.78, 5) is 0. The van der Waals surface area contributed by atoms with E-state index in [1.807, 2.05) is 72.8 Å². The summed E-state index contributed by atoms with van der Waals surface area (Å²) < 4.78 is 39.6. The summed E-state index contributed by atoms with van der Waals surface area (Å²) >= 11 is 0. The Kier molecular flexibility index (Phi) is 4.19. The largest absolute Gasteiger partial charge is 0.114 e. The van der Waals surface area contributed by atoms with Gasteiger partial charge in [-0.15, -0.1) is 17.0 Å². The van der Waals surface area contributed by atoms with Crippen molar-refractivity contribution in [1.82, 2.24) is 0 Å². The molecular weight excluding hydrogens is 351 g/mol. The van der Waals surface area contributed by atoms with Crippen LogP contribution in [-0.2, 0) is 6.37 Å². The van der Waals surface area contributed by atoms with Gasteiger partial charge in [-0.2, -0.15) is 0 Å². The Morgan fingerprint density at radius 1 is 0.773 bits per heavy atom. The Hall–Kier alpha value is -1.43. The molecule has 0 aromatic heterocycles. The van der Waals surface area contributed by atoms with Crippen molar-refractivity contribution < 1.29 is 6.85 Å². The minimum atomic E-state index is -2.74. The van der Waals surface area contributed by atoms with Crippen LogP contribution in [0.5, 0.6) is 0 Å². The van der Waals surface area contributed by atoms with Crippen LogP contribution in [0.1, 0.15) is 19.3 Å². The molecule has 0 N–H and O–H groups in total. The van der Waals surface area contributed by atoms with E-state index < -0.39 is 21.1 Å². The molecule has 3 rings (SSSR count). The first-order valence-electron chi connectivity index (χ1n) is 9.32. The maximum Gasteiger partial charge on any atom is 0.0313 e. The molecule has 0 saturated heterocycles. The maximum absolute atomic E-state index is 8.29. The molecule has 0 aliphatic rings. The van der Waals surface area contributed by atoms with E-state index in [1.54, 1.807) is 12.1 Å². The minimum Gasteiger partial charge on any atom is -0.114 e.